The molecule has 0 saturated heterocycles. The lowest BCUT2D eigenvalue weighted by atomic mass is 10.2. The van der Waals surface area contributed by atoms with E-state index in [1.807, 2.05) is 23.6 Å². The second kappa shape index (κ2) is 6.62. The lowest BCUT2D eigenvalue weighted by molar-refractivity contribution is 0.306. The first kappa shape index (κ1) is 14.7. The standard InChI is InChI=1S/C12H8Br2Cl2OS/c13-8-3-7(5-15)4-9(14)12(8)17-6-11-10(16)1-2-18-11/h1-4H,5-6H2. The number of alkyl halides is 1. The van der Waals surface area contributed by atoms with Gasteiger partial charge in [-0.2, -0.15) is 0 Å². The Labute approximate surface area is 136 Å². The van der Waals surface area contributed by atoms with Crippen LogP contribution in [0.1, 0.15) is 10.4 Å². The molecule has 0 N–H and O–H groups in total. The predicted octanol–water partition coefficient (Wildman–Crippen LogP) is 6.24. The topological polar surface area (TPSA) is 9.23 Å². The second-order valence-corrected chi connectivity index (χ2v) is 6.89. The Hall–Kier alpha value is 0.260. The fourth-order valence-corrected chi connectivity index (χ4v) is 4.06. The van der Waals surface area contributed by atoms with Crippen molar-refractivity contribution in [2.45, 2.75) is 12.5 Å². The molecule has 2 rings (SSSR count). The first-order valence-corrected chi connectivity index (χ1v) is 8.38. The summed E-state index contributed by atoms with van der Waals surface area (Å²) in [4.78, 5) is 1.01. The number of benzene rings is 1. The van der Waals surface area contributed by atoms with Crippen LogP contribution in [-0.2, 0) is 12.5 Å². The summed E-state index contributed by atoms with van der Waals surface area (Å²) in [5, 5.41) is 2.69. The van der Waals surface area contributed by atoms with Crippen molar-refractivity contribution in [1.82, 2.24) is 0 Å². The van der Waals surface area contributed by atoms with Crippen LogP contribution in [0, 0.1) is 0 Å². The van der Waals surface area contributed by atoms with Gasteiger partial charge in [-0.05, 0) is 61.0 Å². The van der Waals surface area contributed by atoms with Crippen molar-refractivity contribution in [3.63, 3.8) is 0 Å². The van der Waals surface area contributed by atoms with E-state index in [1.165, 1.54) is 0 Å². The second-order valence-electron chi connectivity index (χ2n) is 3.50. The molecule has 1 aromatic heterocycles. The third kappa shape index (κ3) is 3.42. The van der Waals surface area contributed by atoms with Crippen molar-refractivity contribution in [2.75, 3.05) is 0 Å². The number of hydrogen-bond donors (Lipinski definition) is 0. The molecule has 2 aromatic rings. The molecule has 0 radical (unpaired) electrons. The summed E-state index contributed by atoms with van der Waals surface area (Å²) in [6.45, 7) is 0.452. The molecule has 1 heterocycles. The monoisotopic (exact) mass is 428 g/mol. The maximum atomic E-state index is 6.02. The van der Waals surface area contributed by atoms with E-state index in [-0.39, 0.29) is 0 Å². The lowest BCUT2D eigenvalue weighted by Gasteiger charge is -2.11. The van der Waals surface area contributed by atoms with E-state index < -0.39 is 0 Å². The van der Waals surface area contributed by atoms with Crippen molar-refractivity contribution in [2.24, 2.45) is 0 Å². The van der Waals surface area contributed by atoms with Crippen molar-refractivity contribution >= 4 is 66.4 Å². The molecule has 6 heteroatoms. The van der Waals surface area contributed by atoms with Crippen LogP contribution in [-0.4, -0.2) is 0 Å². The van der Waals surface area contributed by atoms with Gasteiger partial charge in [-0.3, -0.25) is 0 Å². The van der Waals surface area contributed by atoms with Gasteiger partial charge in [-0.1, -0.05) is 11.6 Å². The molecule has 0 amide bonds. The van der Waals surface area contributed by atoms with E-state index in [0.29, 0.717) is 12.5 Å². The average molecular weight is 431 g/mol. The fraction of sp³-hybridized carbons (Fsp3) is 0.167. The first-order valence-electron chi connectivity index (χ1n) is 5.00. The van der Waals surface area contributed by atoms with Gasteiger partial charge in [-0.25, -0.2) is 0 Å². The zero-order chi connectivity index (χ0) is 13.1. The molecule has 0 aliphatic carbocycles. The molecule has 1 nitrogen and oxygen atoms in total. The zero-order valence-corrected chi connectivity index (χ0v) is 14.6. The van der Waals surface area contributed by atoms with Crippen LogP contribution in [0.3, 0.4) is 0 Å². The van der Waals surface area contributed by atoms with Gasteiger partial charge in [0.05, 0.1) is 18.8 Å². The van der Waals surface area contributed by atoms with Crippen LogP contribution in [0.2, 0.25) is 5.02 Å². The van der Waals surface area contributed by atoms with Gasteiger partial charge in [0.15, 0.2) is 0 Å². The SMILES string of the molecule is ClCc1cc(Br)c(OCc2sccc2Cl)c(Br)c1. The summed E-state index contributed by atoms with van der Waals surface area (Å²) in [6.07, 6.45) is 0. The molecule has 0 aliphatic rings. The maximum absolute atomic E-state index is 6.02. The molecule has 0 fully saturated rings. The predicted molar refractivity (Wildman–Crippen MR) is 85.1 cm³/mol. The van der Waals surface area contributed by atoms with Gasteiger partial charge in [0, 0.05) is 5.88 Å². The molecule has 0 aliphatic heterocycles. The average Bonchev–Trinajstić information content (AvgIpc) is 2.73. The molecule has 0 spiro atoms. The summed E-state index contributed by atoms with van der Waals surface area (Å²) in [7, 11) is 0. The van der Waals surface area contributed by atoms with Crippen molar-refractivity contribution in [1.29, 1.82) is 0 Å². The smallest absolute Gasteiger partial charge is 0.148 e. The van der Waals surface area contributed by atoms with Gasteiger partial charge < -0.3 is 4.74 Å². The summed E-state index contributed by atoms with van der Waals surface area (Å²) in [6, 6.07) is 5.76. The van der Waals surface area contributed by atoms with Gasteiger partial charge in [0.2, 0.25) is 0 Å². The minimum atomic E-state index is 0.452. The van der Waals surface area contributed by atoms with Crippen LogP contribution in [0.4, 0.5) is 0 Å². The molecule has 1 aromatic carbocycles. The minimum absolute atomic E-state index is 0.452. The van der Waals surface area contributed by atoms with E-state index >= 15 is 0 Å². The van der Waals surface area contributed by atoms with Crippen LogP contribution in [0.15, 0.2) is 32.5 Å². The summed E-state index contributed by atoms with van der Waals surface area (Å²) in [5.41, 5.74) is 1.02. The Morgan fingerprint density at radius 2 is 1.89 bits per heavy atom. The highest BCUT2D eigenvalue weighted by molar-refractivity contribution is 9.11. The molecular weight excluding hydrogens is 423 g/mol. The van der Waals surface area contributed by atoms with E-state index in [0.717, 1.165) is 30.2 Å². The van der Waals surface area contributed by atoms with E-state index in [4.69, 9.17) is 27.9 Å². The Kier molecular flexibility index (Phi) is 5.39. The van der Waals surface area contributed by atoms with Gasteiger partial charge in [-0.15, -0.1) is 22.9 Å². The summed E-state index contributed by atoms with van der Waals surface area (Å²) in [5.74, 6) is 1.22. The van der Waals surface area contributed by atoms with E-state index in [1.54, 1.807) is 11.3 Å². The molecule has 18 heavy (non-hydrogen) atoms. The lowest BCUT2D eigenvalue weighted by Crippen LogP contribution is -1.96. The van der Waals surface area contributed by atoms with Crippen molar-refractivity contribution in [3.05, 3.63) is 48.0 Å². The summed E-state index contributed by atoms with van der Waals surface area (Å²) >= 11 is 20.4. The number of hydrogen-bond acceptors (Lipinski definition) is 2. The van der Waals surface area contributed by atoms with E-state index in [2.05, 4.69) is 31.9 Å². The molecule has 0 atom stereocenters. The number of rotatable bonds is 4. The Morgan fingerprint density at radius 3 is 2.39 bits per heavy atom. The molecule has 0 saturated carbocycles. The van der Waals surface area contributed by atoms with Crippen LogP contribution in [0.5, 0.6) is 5.75 Å². The molecule has 96 valence electrons. The largest absolute Gasteiger partial charge is 0.486 e. The minimum Gasteiger partial charge on any atom is -0.486 e. The Balaban J connectivity index is 2.17. The van der Waals surface area contributed by atoms with Crippen molar-refractivity contribution in [3.8, 4) is 5.75 Å². The summed E-state index contributed by atoms with van der Waals surface area (Å²) < 4.78 is 7.53. The van der Waals surface area contributed by atoms with E-state index in [9.17, 15) is 0 Å². The number of halogens is 4. The Morgan fingerprint density at radius 1 is 1.22 bits per heavy atom. The normalized spacial score (nSPS) is 10.7. The quantitative estimate of drug-likeness (QED) is 0.521. The zero-order valence-electron chi connectivity index (χ0n) is 9.05. The number of thiophene rings is 1. The first-order chi connectivity index (χ1) is 8.61. The third-order valence-electron chi connectivity index (χ3n) is 2.25. The van der Waals surface area contributed by atoms with Gasteiger partial charge in [0.25, 0.3) is 0 Å². The maximum Gasteiger partial charge on any atom is 0.148 e. The van der Waals surface area contributed by atoms with Crippen molar-refractivity contribution < 1.29 is 4.74 Å². The van der Waals surface area contributed by atoms with Crippen LogP contribution in [0.25, 0.3) is 0 Å². The highest BCUT2D eigenvalue weighted by Gasteiger charge is 2.10. The van der Waals surface area contributed by atoms with Crippen LogP contribution >= 0.6 is 66.4 Å². The molecule has 0 bridgehead atoms. The number of ether oxygens (including phenoxy) is 1. The van der Waals surface area contributed by atoms with Gasteiger partial charge >= 0.3 is 0 Å². The highest BCUT2D eigenvalue weighted by atomic mass is 79.9. The molecule has 0 unspecified atom stereocenters. The van der Waals surface area contributed by atoms with Crippen LogP contribution < -0.4 is 4.74 Å². The highest BCUT2D eigenvalue weighted by Crippen LogP contribution is 2.36. The molecular formula is C12H8Br2Cl2OS. The fourth-order valence-electron chi connectivity index (χ4n) is 1.39. The van der Waals surface area contributed by atoms with Gasteiger partial charge in [0.1, 0.15) is 12.4 Å². The Bertz CT molecular complexity index is 534. The third-order valence-corrected chi connectivity index (χ3v) is 5.10.